The van der Waals surface area contributed by atoms with Gasteiger partial charge in [-0.3, -0.25) is 19.1 Å². The van der Waals surface area contributed by atoms with Crippen LogP contribution in [-0.2, 0) is 18.4 Å². The number of rotatable bonds is 6. The zero-order chi connectivity index (χ0) is 21.0. The standard InChI is InChI=1S/C21H29N5O3/c1-14(18-11-22-25(3)15(18)2)23-19(27)13-26-12-16(9-10-20(26)28)21(29)24-17-7-5-4-6-8-17/h9-12,14,17H,4-8,13H2,1-3H3,(H,23,27)(H,24,29)/t14-/m1/s1. The van der Waals surface area contributed by atoms with Crippen LogP contribution in [0, 0.1) is 6.92 Å². The molecule has 1 fully saturated rings. The molecule has 0 saturated heterocycles. The van der Waals surface area contributed by atoms with Crippen LogP contribution in [0.15, 0.2) is 29.3 Å². The average molecular weight is 399 g/mol. The third-order valence-corrected chi connectivity index (χ3v) is 5.62. The fraction of sp³-hybridized carbons (Fsp3) is 0.524. The highest BCUT2D eigenvalue weighted by molar-refractivity contribution is 5.94. The van der Waals surface area contributed by atoms with Gasteiger partial charge in [-0.25, -0.2) is 0 Å². The zero-order valence-electron chi connectivity index (χ0n) is 17.3. The maximum atomic E-state index is 12.5. The van der Waals surface area contributed by atoms with Crippen molar-refractivity contribution in [2.45, 2.75) is 64.6 Å². The molecule has 8 nitrogen and oxygen atoms in total. The number of aryl methyl sites for hydroxylation is 1. The summed E-state index contributed by atoms with van der Waals surface area (Å²) in [5.41, 5.74) is 1.96. The third kappa shape index (κ3) is 5.13. The second kappa shape index (κ2) is 9.07. The fourth-order valence-corrected chi connectivity index (χ4v) is 3.77. The van der Waals surface area contributed by atoms with Gasteiger partial charge in [0.1, 0.15) is 6.54 Å². The Morgan fingerprint density at radius 3 is 2.62 bits per heavy atom. The van der Waals surface area contributed by atoms with Crippen molar-refractivity contribution in [2.75, 3.05) is 0 Å². The number of amides is 2. The summed E-state index contributed by atoms with van der Waals surface area (Å²) in [6, 6.07) is 2.79. The Morgan fingerprint density at radius 1 is 1.24 bits per heavy atom. The van der Waals surface area contributed by atoms with Crippen LogP contribution in [0.3, 0.4) is 0 Å². The van der Waals surface area contributed by atoms with Gasteiger partial charge in [-0.05, 0) is 32.8 Å². The van der Waals surface area contributed by atoms with Crippen molar-refractivity contribution in [3.05, 3.63) is 51.7 Å². The number of aromatic nitrogens is 3. The molecular weight excluding hydrogens is 370 g/mol. The summed E-state index contributed by atoms with van der Waals surface area (Å²) in [4.78, 5) is 37.2. The van der Waals surface area contributed by atoms with Crippen molar-refractivity contribution in [3.8, 4) is 0 Å². The van der Waals surface area contributed by atoms with Crippen LogP contribution in [-0.4, -0.2) is 32.2 Å². The molecule has 0 aromatic carbocycles. The molecule has 8 heteroatoms. The predicted molar refractivity (Wildman–Crippen MR) is 110 cm³/mol. The van der Waals surface area contributed by atoms with E-state index in [0.717, 1.165) is 36.9 Å². The monoisotopic (exact) mass is 399 g/mol. The van der Waals surface area contributed by atoms with Gasteiger partial charge >= 0.3 is 0 Å². The van der Waals surface area contributed by atoms with E-state index in [-0.39, 0.29) is 36.0 Å². The lowest BCUT2D eigenvalue weighted by molar-refractivity contribution is -0.122. The van der Waals surface area contributed by atoms with E-state index >= 15 is 0 Å². The van der Waals surface area contributed by atoms with Crippen LogP contribution < -0.4 is 16.2 Å². The Labute approximate surface area is 170 Å². The van der Waals surface area contributed by atoms with E-state index in [4.69, 9.17) is 0 Å². The molecule has 1 aliphatic rings. The summed E-state index contributed by atoms with van der Waals surface area (Å²) in [5, 5.41) is 10.1. The summed E-state index contributed by atoms with van der Waals surface area (Å²) >= 11 is 0. The van der Waals surface area contributed by atoms with Crippen LogP contribution in [0.5, 0.6) is 0 Å². The molecule has 2 aromatic rings. The smallest absolute Gasteiger partial charge is 0.252 e. The second-order valence-electron chi connectivity index (χ2n) is 7.79. The molecular formula is C21H29N5O3. The first-order valence-corrected chi connectivity index (χ1v) is 10.1. The Balaban J connectivity index is 1.64. The quantitative estimate of drug-likeness (QED) is 0.774. The lowest BCUT2D eigenvalue weighted by Crippen LogP contribution is -2.37. The summed E-state index contributed by atoms with van der Waals surface area (Å²) in [6.45, 7) is 3.66. The second-order valence-corrected chi connectivity index (χ2v) is 7.79. The van der Waals surface area contributed by atoms with Crippen molar-refractivity contribution in [1.29, 1.82) is 0 Å². The van der Waals surface area contributed by atoms with Crippen molar-refractivity contribution in [1.82, 2.24) is 25.0 Å². The molecule has 1 atom stereocenters. The number of carbonyl (C=O) groups is 2. The van der Waals surface area contributed by atoms with Crippen LogP contribution in [0.1, 0.15) is 66.7 Å². The van der Waals surface area contributed by atoms with E-state index in [9.17, 15) is 14.4 Å². The first-order valence-electron chi connectivity index (χ1n) is 10.1. The highest BCUT2D eigenvalue weighted by Crippen LogP contribution is 2.18. The van der Waals surface area contributed by atoms with E-state index in [1.54, 1.807) is 10.9 Å². The molecule has 0 bridgehead atoms. The van der Waals surface area contributed by atoms with Crippen molar-refractivity contribution in [3.63, 3.8) is 0 Å². The Kier molecular flexibility index (Phi) is 6.51. The Morgan fingerprint density at radius 2 is 1.97 bits per heavy atom. The molecule has 0 aliphatic heterocycles. The SMILES string of the molecule is Cc1c([C@@H](C)NC(=O)Cn2cc(C(=O)NC3CCCCC3)ccc2=O)cnn1C. The largest absolute Gasteiger partial charge is 0.349 e. The van der Waals surface area contributed by atoms with Gasteiger partial charge in [0.15, 0.2) is 0 Å². The molecule has 1 saturated carbocycles. The van der Waals surface area contributed by atoms with E-state index in [0.29, 0.717) is 5.56 Å². The first kappa shape index (κ1) is 20.8. The zero-order valence-corrected chi connectivity index (χ0v) is 17.3. The van der Waals surface area contributed by atoms with Crippen LogP contribution in [0.4, 0.5) is 0 Å². The maximum absolute atomic E-state index is 12.5. The number of carbonyl (C=O) groups excluding carboxylic acids is 2. The minimum absolute atomic E-state index is 0.146. The lowest BCUT2D eigenvalue weighted by atomic mass is 9.95. The number of hydrogen-bond donors (Lipinski definition) is 2. The molecule has 0 unspecified atom stereocenters. The molecule has 2 aromatic heterocycles. The number of hydrogen-bond acceptors (Lipinski definition) is 4. The van der Waals surface area contributed by atoms with Crippen molar-refractivity contribution in [2.24, 2.45) is 7.05 Å². The van der Waals surface area contributed by atoms with E-state index in [1.807, 2.05) is 20.9 Å². The van der Waals surface area contributed by atoms with Crippen LogP contribution in [0.25, 0.3) is 0 Å². The number of nitrogens with zero attached hydrogens (tertiary/aromatic N) is 3. The van der Waals surface area contributed by atoms with Gasteiger partial charge in [-0.2, -0.15) is 5.10 Å². The van der Waals surface area contributed by atoms with Crippen molar-refractivity contribution < 1.29 is 9.59 Å². The molecule has 0 spiro atoms. The summed E-state index contributed by atoms with van der Waals surface area (Å²) < 4.78 is 3.02. The summed E-state index contributed by atoms with van der Waals surface area (Å²) in [7, 11) is 1.84. The molecule has 156 valence electrons. The molecule has 2 heterocycles. The van der Waals surface area contributed by atoms with Gasteiger partial charge in [0.2, 0.25) is 5.91 Å². The maximum Gasteiger partial charge on any atom is 0.252 e. The average Bonchev–Trinajstić information content (AvgIpc) is 3.03. The van der Waals surface area contributed by atoms with E-state index < -0.39 is 0 Å². The van der Waals surface area contributed by atoms with Gasteiger partial charge in [-0.1, -0.05) is 19.3 Å². The Bertz CT molecular complexity index is 940. The number of pyridine rings is 1. The van der Waals surface area contributed by atoms with Gasteiger partial charge in [0, 0.05) is 36.6 Å². The topological polar surface area (TPSA) is 98.0 Å². The third-order valence-electron chi connectivity index (χ3n) is 5.62. The van der Waals surface area contributed by atoms with Crippen molar-refractivity contribution >= 4 is 11.8 Å². The number of nitrogens with one attached hydrogen (secondary N) is 2. The minimum Gasteiger partial charge on any atom is -0.349 e. The minimum atomic E-state index is -0.320. The molecule has 1 aliphatic carbocycles. The molecule has 2 N–H and O–H groups in total. The molecule has 0 radical (unpaired) electrons. The molecule has 29 heavy (non-hydrogen) atoms. The highest BCUT2D eigenvalue weighted by Gasteiger charge is 2.18. The molecule has 3 rings (SSSR count). The summed E-state index contributed by atoms with van der Waals surface area (Å²) in [6.07, 6.45) is 8.61. The van der Waals surface area contributed by atoms with E-state index in [1.165, 1.54) is 29.3 Å². The fourth-order valence-electron chi connectivity index (χ4n) is 3.77. The van der Waals surface area contributed by atoms with Gasteiger partial charge in [0.05, 0.1) is 17.8 Å². The van der Waals surface area contributed by atoms with Gasteiger partial charge in [0.25, 0.3) is 11.5 Å². The molecule has 2 amide bonds. The van der Waals surface area contributed by atoms with Crippen LogP contribution in [0.2, 0.25) is 0 Å². The highest BCUT2D eigenvalue weighted by atomic mass is 16.2. The van der Waals surface area contributed by atoms with Crippen LogP contribution >= 0.6 is 0 Å². The van der Waals surface area contributed by atoms with Gasteiger partial charge in [-0.15, -0.1) is 0 Å². The van der Waals surface area contributed by atoms with Gasteiger partial charge < -0.3 is 15.2 Å². The predicted octanol–water partition coefficient (Wildman–Crippen LogP) is 1.83. The summed E-state index contributed by atoms with van der Waals surface area (Å²) in [5.74, 6) is -0.502. The first-order chi connectivity index (χ1) is 13.8. The normalized spacial score (nSPS) is 15.7. The lowest BCUT2D eigenvalue weighted by Gasteiger charge is -2.22. The van der Waals surface area contributed by atoms with E-state index in [2.05, 4.69) is 15.7 Å². The Hall–Kier alpha value is -2.90.